The summed E-state index contributed by atoms with van der Waals surface area (Å²) >= 11 is 0. The Hall–Kier alpha value is -2.35. The first-order valence-electron chi connectivity index (χ1n) is 23.0. The summed E-state index contributed by atoms with van der Waals surface area (Å²) in [4.78, 5) is 14.4. The van der Waals surface area contributed by atoms with Gasteiger partial charge in [-0.3, -0.25) is 4.79 Å². The van der Waals surface area contributed by atoms with Crippen molar-refractivity contribution in [3.8, 4) is 0 Å². The Morgan fingerprint density at radius 1 is 0.857 bits per heavy atom. The van der Waals surface area contributed by atoms with E-state index in [0.717, 1.165) is 12.0 Å². The van der Waals surface area contributed by atoms with Gasteiger partial charge in [0, 0.05) is 57.3 Å². The predicted molar refractivity (Wildman–Crippen MR) is 228 cm³/mol. The molecule has 2 bridgehead atoms. The smallest absolute Gasteiger partial charge is 0.316 e. The zero-order valence-corrected chi connectivity index (χ0v) is 38.5. The topological polar surface area (TPSA) is 190 Å². The number of hydrogen-bond acceptors (Lipinski definition) is 15. The lowest BCUT2D eigenvalue weighted by Gasteiger charge is -2.48. The van der Waals surface area contributed by atoms with Crippen LogP contribution >= 0.6 is 0 Å². The average Bonchev–Trinajstić information content (AvgIpc) is 3.51. The van der Waals surface area contributed by atoms with Crippen LogP contribution in [0.5, 0.6) is 0 Å². The van der Waals surface area contributed by atoms with Crippen LogP contribution in [0, 0.1) is 23.7 Å². The van der Waals surface area contributed by atoms with Gasteiger partial charge >= 0.3 is 5.97 Å². The molecule has 15 nitrogen and oxygen atoms in total. The van der Waals surface area contributed by atoms with Gasteiger partial charge in [-0.05, 0) is 57.3 Å². The zero-order chi connectivity index (χ0) is 45.5. The van der Waals surface area contributed by atoms with Gasteiger partial charge < -0.3 is 67.8 Å². The van der Waals surface area contributed by atoms with Gasteiger partial charge in [-0.15, -0.1) is 0 Å². The standard InChI is InChI=1S/C48H72O15/c1-11-24(2)42-27(5)17-18-47(63-42)23-32-20-31(62-47)16-15-26(4)41(59-38-22-36(55-10)43(30(8)57-38)60-37-21-35(54-9)40(50)29(7)56-37)25(3)13-12-14-33-45(51)61-44-39(49)28(6)19-34(46(52)58-32)48(33,44)53/h12-15,17-19,24-25,27,29-32,34-45,49-51,53H,11,16,20-23H2,1-10H3/b13-12+,26-15+,33-14+/t24-,25-,27-,29-,30-,31?,32-,34-,35-,36-,37-,38-,39+,40-,41-,42+,43-,44+,45?,47+,48+/m0/s1. The molecule has 7 rings (SSSR count). The van der Waals surface area contributed by atoms with Gasteiger partial charge in [-0.25, -0.2) is 0 Å². The monoisotopic (exact) mass is 888 g/mol. The lowest BCUT2D eigenvalue weighted by molar-refractivity contribution is -0.318. The largest absolute Gasteiger partial charge is 0.462 e. The van der Waals surface area contributed by atoms with E-state index >= 15 is 0 Å². The molecule has 1 aliphatic carbocycles. The Labute approximate surface area is 372 Å². The summed E-state index contributed by atoms with van der Waals surface area (Å²) in [5, 5.41) is 45.5. The van der Waals surface area contributed by atoms with Crippen molar-refractivity contribution in [3.05, 3.63) is 59.3 Å². The molecule has 0 saturated carbocycles. The molecule has 4 saturated heterocycles. The van der Waals surface area contributed by atoms with Gasteiger partial charge in [0.15, 0.2) is 24.7 Å². The van der Waals surface area contributed by atoms with E-state index in [1.807, 2.05) is 32.9 Å². The highest BCUT2D eigenvalue weighted by molar-refractivity contribution is 5.78. The van der Waals surface area contributed by atoms with Crippen molar-refractivity contribution >= 4 is 5.97 Å². The number of aliphatic hydroxyl groups is 4. The molecule has 2 unspecified atom stereocenters. The summed E-state index contributed by atoms with van der Waals surface area (Å²) < 4.78 is 63.3. The van der Waals surface area contributed by atoms with E-state index in [1.54, 1.807) is 40.2 Å². The summed E-state index contributed by atoms with van der Waals surface area (Å²) in [7, 11) is 3.19. The molecule has 0 amide bonds. The molecule has 0 aromatic heterocycles. The SMILES string of the molecule is CC[C@H](C)[C@H]1O[C@]2(C=C[C@@H]1C)C[C@@H]1CC(C/C=C(\C)[C@@H](O[C@H]3C[C@H](OC)[C@@H](O[C@H]4C[C@H](OC)[C@@H](O)[C@H](C)O4)[C@H](C)O3)[C@@H](C)/C=C/C=C3\C(O)O[C@@H]4[C@H](O)C(C)=C[C@@H](C(=O)O1)[C@]34O)O2. The molecule has 21 atom stereocenters. The number of hydrogen-bond donors (Lipinski definition) is 4. The molecule has 4 N–H and O–H groups in total. The summed E-state index contributed by atoms with van der Waals surface area (Å²) in [6.07, 6.45) is 5.19. The Kier molecular flexibility index (Phi) is 15.3. The van der Waals surface area contributed by atoms with Crippen molar-refractivity contribution < 1.29 is 72.6 Å². The van der Waals surface area contributed by atoms with Gasteiger partial charge in [0.05, 0.1) is 42.7 Å². The lowest BCUT2D eigenvalue weighted by Crippen LogP contribution is -2.58. The van der Waals surface area contributed by atoms with Crippen LogP contribution in [0.15, 0.2) is 59.3 Å². The molecule has 0 radical (unpaired) electrons. The number of allylic oxidation sites excluding steroid dienone is 2. The first-order valence-corrected chi connectivity index (χ1v) is 23.0. The minimum atomic E-state index is -2.11. The summed E-state index contributed by atoms with van der Waals surface area (Å²) in [6, 6.07) is 0. The van der Waals surface area contributed by atoms with Crippen molar-refractivity contribution in [1.29, 1.82) is 0 Å². The maximum atomic E-state index is 14.4. The van der Waals surface area contributed by atoms with Crippen LogP contribution in [0.3, 0.4) is 0 Å². The second-order valence-electron chi connectivity index (χ2n) is 19.1. The van der Waals surface area contributed by atoms with Crippen LogP contribution in [-0.4, -0.2) is 144 Å². The third-order valence-corrected chi connectivity index (χ3v) is 14.6. The van der Waals surface area contributed by atoms with Crippen molar-refractivity contribution in [2.24, 2.45) is 23.7 Å². The maximum absolute atomic E-state index is 14.4. The second kappa shape index (κ2) is 19.9. The summed E-state index contributed by atoms with van der Waals surface area (Å²) in [5.74, 6) is -3.04. The van der Waals surface area contributed by atoms with Crippen LogP contribution in [0.25, 0.3) is 0 Å². The molecule has 63 heavy (non-hydrogen) atoms. The highest BCUT2D eigenvalue weighted by Gasteiger charge is 2.63. The third-order valence-electron chi connectivity index (χ3n) is 14.6. The number of rotatable bonds is 8. The molecular weight excluding hydrogens is 817 g/mol. The van der Waals surface area contributed by atoms with Gasteiger partial charge in [-0.2, -0.15) is 0 Å². The van der Waals surface area contributed by atoms with E-state index in [4.69, 9.17) is 47.4 Å². The molecule has 0 aromatic carbocycles. The van der Waals surface area contributed by atoms with E-state index in [0.29, 0.717) is 31.3 Å². The molecule has 15 heteroatoms. The van der Waals surface area contributed by atoms with Crippen molar-refractivity contribution in [1.82, 2.24) is 0 Å². The summed E-state index contributed by atoms with van der Waals surface area (Å²) in [6.45, 7) is 15.8. The molecule has 0 aromatic rings. The fourth-order valence-corrected chi connectivity index (χ4v) is 10.6. The van der Waals surface area contributed by atoms with E-state index in [1.165, 1.54) is 6.08 Å². The average molecular weight is 889 g/mol. The van der Waals surface area contributed by atoms with Crippen LogP contribution in [-0.2, 0) is 52.2 Å². The molecule has 354 valence electrons. The second-order valence-corrected chi connectivity index (χ2v) is 19.1. The van der Waals surface area contributed by atoms with Crippen LogP contribution in [0.1, 0.15) is 93.9 Å². The highest BCUT2D eigenvalue weighted by atomic mass is 16.7. The van der Waals surface area contributed by atoms with Crippen molar-refractivity contribution in [2.75, 3.05) is 14.2 Å². The number of carbonyl (C=O) groups excluding carboxylic acids is 1. The molecule has 1 spiro atoms. The number of esters is 1. The Balaban J connectivity index is 1.20. The Bertz CT molecular complexity index is 1760. The van der Waals surface area contributed by atoms with E-state index in [-0.39, 0.29) is 35.9 Å². The molecule has 6 aliphatic heterocycles. The van der Waals surface area contributed by atoms with E-state index < -0.39 is 109 Å². The quantitative estimate of drug-likeness (QED) is 0.194. The van der Waals surface area contributed by atoms with Crippen LogP contribution in [0.4, 0.5) is 0 Å². The zero-order valence-electron chi connectivity index (χ0n) is 38.5. The number of methoxy groups -OCH3 is 2. The van der Waals surface area contributed by atoms with Gasteiger partial charge in [0.25, 0.3) is 0 Å². The predicted octanol–water partition coefficient (Wildman–Crippen LogP) is 4.70. The van der Waals surface area contributed by atoms with Crippen molar-refractivity contribution in [3.63, 3.8) is 0 Å². The fourth-order valence-electron chi connectivity index (χ4n) is 10.6. The number of aliphatic hydroxyl groups excluding tert-OH is 3. The first-order chi connectivity index (χ1) is 29.9. The fraction of sp³-hybridized carbons (Fsp3) is 0.771. The van der Waals surface area contributed by atoms with E-state index in [2.05, 4.69) is 32.9 Å². The summed E-state index contributed by atoms with van der Waals surface area (Å²) in [5.41, 5.74) is -0.749. The van der Waals surface area contributed by atoms with Crippen LogP contribution in [0.2, 0.25) is 0 Å². The van der Waals surface area contributed by atoms with Gasteiger partial charge in [0.2, 0.25) is 0 Å². The third kappa shape index (κ3) is 9.88. The minimum absolute atomic E-state index is 0.0314. The van der Waals surface area contributed by atoms with E-state index in [9.17, 15) is 25.2 Å². The molecule has 7 aliphatic rings. The minimum Gasteiger partial charge on any atom is -0.462 e. The Morgan fingerprint density at radius 3 is 2.27 bits per heavy atom. The maximum Gasteiger partial charge on any atom is 0.316 e. The molecular formula is C48H72O15. The number of ether oxygens (including phenoxy) is 10. The molecule has 6 heterocycles. The molecule has 4 fully saturated rings. The lowest BCUT2D eigenvalue weighted by atomic mass is 9.70. The Morgan fingerprint density at radius 2 is 1.56 bits per heavy atom. The van der Waals surface area contributed by atoms with Gasteiger partial charge in [0.1, 0.15) is 42.0 Å². The number of fused-ring (bicyclic) bond motifs is 2. The first kappa shape index (κ1) is 48.6. The van der Waals surface area contributed by atoms with Crippen LogP contribution < -0.4 is 0 Å². The number of carbonyl (C=O) groups is 1. The van der Waals surface area contributed by atoms with Crippen molar-refractivity contribution in [2.45, 2.75) is 197 Å². The van der Waals surface area contributed by atoms with Gasteiger partial charge in [-0.1, -0.05) is 70.6 Å². The highest BCUT2D eigenvalue weighted by Crippen LogP contribution is 2.49. The normalized spacial score (nSPS) is 49.7.